The molecule has 6 nitrogen and oxygen atoms in total. The average Bonchev–Trinajstić information content (AvgIpc) is 2.82. The third-order valence-electron chi connectivity index (χ3n) is 4.17. The Bertz CT molecular complexity index is 1020. The second-order valence-corrected chi connectivity index (χ2v) is 7.09. The van der Waals surface area contributed by atoms with Gasteiger partial charge in [0, 0.05) is 23.1 Å². The van der Waals surface area contributed by atoms with Crippen LogP contribution < -0.4 is 9.64 Å². The summed E-state index contributed by atoms with van der Waals surface area (Å²) in [7, 11) is 0. The molecule has 1 unspecified atom stereocenters. The Balaban J connectivity index is 2.00. The molecule has 0 aliphatic carbocycles. The Labute approximate surface area is 165 Å². The van der Waals surface area contributed by atoms with Crippen LogP contribution in [0.5, 0.6) is 5.88 Å². The van der Waals surface area contributed by atoms with E-state index in [0.29, 0.717) is 33.0 Å². The molecule has 3 aromatic rings. The molecule has 8 heteroatoms. The molecule has 0 fully saturated rings. The molecule has 136 valence electrons. The number of carbonyl (C=O) groups is 1. The molecule has 27 heavy (non-hydrogen) atoms. The van der Waals surface area contributed by atoms with Gasteiger partial charge in [0.25, 0.3) is 0 Å². The van der Waals surface area contributed by atoms with Gasteiger partial charge in [-0.2, -0.15) is 4.98 Å². The van der Waals surface area contributed by atoms with Crippen molar-refractivity contribution >= 4 is 35.0 Å². The van der Waals surface area contributed by atoms with Gasteiger partial charge in [-0.05, 0) is 24.5 Å². The molecular weight excluding hydrogens is 384 g/mol. The van der Waals surface area contributed by atoms with Crippen LogP contribution in [0.25, 0.3) is 11.3 Å². The molecule has 1 aliphatic heterocycles. The standard InChI is InChI=1S/C19H15ClN4O2S/c1-11(25)24-15-9-8-13(20)10-14(15)16-17(21-19(27-2)23-22-16)26-18(24)12-6-4-3-5-7-12/h3-10,18H,1-2H3. The summed E-state index contributed by atoms with van der Waals surface area (Å²) in [6.45, 7) is 1.50. The van der Waals surface area contributed by atoms with Crippen molar-refractivity contribution in [3.63, 3.8) is 0 Å². The first-order valence-electron chi connectivity index (χ1n) is 8.18. The Morgan fingerprint density at radius 1 is 1.19 bits per heavy atom. The van der Waals surface area contributed by atoms with E-state index >= 15 is 0 Å². The second kappa shape index (κ2) is 7.17. The van der Waals surface area contributed by atoms with Crippen molar-refractivity contribution in [2.75, 3.05) is 11.2 Å². The summed E-state index contributed by atoms with van der Waals surface area (Å²) in [5.41, 5.74) is 2.58. The van der Waals surface area contributed by atoms with Crippen molar-refractivity contribution in [3.8, 4) is 17.1 Å². The van der Waals surface area contributed by atoms with Gasteiger partial charge in [0.15, 0.2) is 5.69 Å². The van der Waals surface area contributed by atoms with E-state index in [0.717, 1.165) is 5.56 Å². The van der Waals surface area contributed by atoms with Crippen LogP contribution in [0.3, 0.4) is 0 Å². The molecule has 0 saturated carbocycles. The number of ether oxygens (including phenoxy) is 1. The molecule has 0 radical (unpaired) electrons. The van der Waals surface area contributed by atoms with Gasteiger partial charge < -0.3 is 4.74 Å². The molecule has 2 aromatic carbocycles. The minimum absolute atomic E-state index is 0.168. The zero-order valence-corrected chi connectivity index (χ0v) is 16.2. The summed E-state index contributed by atoms with van der Waals surface area (Å²) in [4.78, 5) is 18.7. The van der Waals surface area contributed by atoms with Gasteiger partial charge in [-0.3, -0.25) is 9.69 Å². The molecule has 0 spiro atoms. The minimum Gasteiger partial charge on any atom is -0.447 e. The van der Waals surface area contributed by atoms with Crippen molar-refractivity contribution in [1.82, 2.24) is 15.2 Å². The summed E-state index contributed by atoms with van der Waals surface area (Å²) in [6, 6.07) is 14.8. The van der Waals surface area contributed by atoms with Gasteiger partial charge in [0.2, 0.25) is 23.2 Å². The molecule has 0 N–H and O–H groups in total. The predicted molar refractivity (Wildman–Crippen MR) is 105 cm³/mol. The number of rotatable bonds is 2. The molecule has 1 amide bonds. The highest BCUT2D eigenvalue weighted by Gasteiger charge is 2.34. The number of carbonyl (C=O) groups excluding carboxylic acids is 1. The first kappa shape index (κ1) is 17.8. The van der Waals surface area contributed by atoms with E-state index in [4.69, 9.17) is 16.3 Å². The predicted octanol–water partition coefficient (Wildman–Crippen LogP) is 4.36. The largest absolute Gasteiger partial charge is 0.447 e. The number of amides is 1. The van der Waals surface area contributed by atoms with Crippen molar-refractivity contribution in [3.05, 3.63) is 59.1 Å². The lowest BCUT2D eigenvalue weighted by Crippen LogP contribution is -2.36. The SMILES string of the molecule is CSc1nnc2c(n1)OC(c1ccccc1)N(C(C)=O)c1ccc(Cl)cc1-2. The highest BCUT2D eigenvalue weighted by atomic mass is 35.5. The fourth-order valence-corrected chi connectivity index (χ4v) is 3.47. The third-order valence-corrected chi connectivity index (χ3v) is 4.95. The van der Waals surface area contributed by atoms with Crippen LogP contribution in [-0.4, -0.2) is 27.3 Å². The van der Waals surface area contributed by atoms with Crippen LogP contribution in [0.15, 0.2) is 53.7 Å². The summed E-state index contributed by atoms with van der Waals surface area (Å²) < 4.78 is 6.22. The number of hydrogen-bond donors (Lipinski definition) is 0. The Hall–Kier alpha value is -2.64. The first-order valence-corrected chi connectivity index (χ1v) is 9.79. The number of nitrogens with zero attached hydrogens (tertiary/aromatic N) is 4. The molecular formula is C19H15ClN4O2S. The van der Waals surface area contributed by atoms with E-state index in [1.165, 1.54) is 18.7 Å². The number of thioether (sulfide) groups is 1. The average molecular weight is 399 g/mol. The maximum absolute atomic E-state index is 12.6. The molecule has 0 saturated heterocycles. The summed E-state index contributed by atoms with van der Waals surface area (Å²) in [5.74, 6) is 0.147. The molecule has 0 bridgehead atoms. The summed E-state index contributed by atoms with van der Waals surface area (Å²) in [5, 5.41) is 9.43. The Kier molecular flexibility index (Phi) is 4.72. The fraction of sp³-hybridized carbons (Fsp3) is 0.158. The lowest BCUT2D eigenvalue weighted by atomic mass is 10.1. The van der Waals surface area contributed by atoms with Crippen molar-refractivity contribution in [1.29, 1.82) is 0 Å². The summed E-state index contributed by atoms with van der Waals surface area (Å²) in [6.07, 6.45) is 1.18. The third kappa shape index (κ3) is 3.24. The van der Waals surface area contributed by atoms with Crippen LogP contribution >= 0.6 is 23.4 Å². The normalized spacial score (nSPS) is 15.4. The number of hydrogen-bond acceptors (Lipinski definition) is 6. The highest BCUT2D eigenvalue weighted by Crippen LogP contribution is 2.44. The molecule has 2 heterocycles. The number of anilines is 1. The van der Waals surface area contributed by atoms with Crippen LogP contribution in [0.2, 0.25) is 5.02 Å². The van der Waals surface area contributed by atoms with E-state index in [-0.39, 0.29) is 5.91 Å². The van der Waals surface area contributed by atoms with Crippen LogP contribution in [0.4, 0.5) is 5.69 Å². The highest BCUT2D eigenvalue weighted by molar-refractivity contribution is 7.98. The topological polar surface area (TPSA) is 68.2 Å². The van der Waals surface area contributed by atoms with Gasteiger partial charge in [0.1, 0.15) is 0 Å². The van der Waals surface area contributed by atoms with Crippen molar-refractivity contribution in [2.45, 2.75) is 18.3 Å². The number of benzene rings is 2. The van der Waals surface area contributed by atoms with E-state index in [1.54, 1.807) is 23.1 Å². The lowest BCUT2D eigenvalue weighted by Gasteiger charge is -2.29. The van der Waals surface area contributed by atoms with Gasteiger partial charge in [-0.15, -0.1) is 10.2 Å². The maximum atomic E-state index is 12.6. The zero-order chi connectivity index (χ0) is 19.0. The molecule has 1 atom stereocenters. The van der Waals surface area contributed by atoms with E-state index in [9.17, 15) is 4.79 Å². The lowest BCUT2D eigenvalue weighted by molar-refractivity contribution is -0.118. The number of aromatic nitrogens is 3. The minimum atomic E-state index is -0.684. The van der Waals surface area contributed by atoms with Gasteiger partial charge >= 0.3 is 0 Å². The van der Waals surface area contributed by atoms with Gasteiger partial charge in [0.05, 0.1) is 5.69 Å². The van der Waals surface area contributed by atoms with Crippen molar-refractivity contribution < 1.29 is 9.53 Å². The zero-order valence-electron chi connectivity index (χ0n) is 14.6. The second-order valence-electron chi connectivity index (χ2n) is 5.88. The van der Waals surface area contributed by atoms with Crippen molar-refractivity contribution in [2.24, 2.45) is 0 Å². The number of fused-ring (bicyclic) bond motifs is 3. The number of halogens is 1. The molecule has 4 rings (SSSR count). The fourth-order valence-electron chi connectivity index (χ4n) is 3.00. The van der Waals surface area contributed by atoms with Gasteiger partial charge in [-0.1, -0.05) is 53.7 Å². The first-order chi connectivity index (χ1) is 13.1. The van der Waals surface area contributed by atoms with E-state index in [1.807, 2.05) is 36.6 Å². The maximum Gasteiger partial charge on any atom is 0.247 e. The summed E-state index contributed by atoms with van der Waals surface area (Å²) >= 11 is 7.58. The van der Waals surface area contributed by atoms with E-state index in [2.05, 4.69) is 15.2 Å². The quantitative estimate of drug-likeness (QED) is 0.597. The van der Waals surface area contributed by atoms with E-state index < -0.39 is 6.23 Å². The van der Waals surface area contributed by atoms with Crippen LogP contribution in [-0.2, 0) is 4.79 Å². The Morgan fingerprint density at radius 2 is 1.96 bits per heavy atom. The molecule has 1 aromatic heterocycles. The van der Waals surface area contributed by atoms with Gasteiger partial charge in [-0.25, -0.2) is 0 Å². The van der Waals surface area contributed by atoms with Crippen LogP contribution in [0, 0.1) is 0 Å². The Morgan fingerprint density at radius 3 is 2.67 bits per heavy atom. The molecule has 1 aliphatic rings. The van der Waals surface area contributed by atoms with Crippen LogP contribution in [0.1, 0.15) is 18.7 Å². The smallest absolute Gasteiger partial charge is 0.247 e. The monoisotopic (exact) mass is 398 g/mol.